The second kappa shape index (κ2) is 7.50. The molecule has 0 saturated carbocycles. The van der Waals surface area contributed by atoms with Gasteiger partial charge in [-0.1, -0.05) is 0 Å². The van der Waals surface area contributed by atoms with E-state index in [0.717, 1.165) is 0 Å². The molecular formula is C7H15NO3. The Labute approximate surface area is 66.2 Å². The maximum Gasteiger partial charge on any atom is 0.207 e. The Bertz CT molecular complexity index is 97.7. The van der Waals surface area contributed by atoms with E-state index in [2.05, 4.69) is 5.32 Å². The fraction of sp³-hybridized carbons (Fsp3) is 0.857. The van der Waals surface area contributed by atoms with Crippen molar-refractivity contribution in [2.24, 2.45) is 0 Å². The average molecular weight is 161 g/mol. The first-order valence-electron chi connectivity index (χ1n) is 3.77. The molecule has 0 radical (unpaired) electrons. The number of amides is 1. The summed E-state index contributed by atoms with van der Waals surface area (Å²) in [7, 11) is 0. The summed E-state index contributed by atoms with van der Waals surface area (Å²) in [5.74, 6) is 0. The molecule has 0 spiro atoms. The van der Waals surface area contributed by atoms with Gasteiger partial charge < -0.3 is 15.5 Å². The van der Waals surface area contributed by atoms with E-state index in [1.165, 1.54) is 0 Å². The van der Waals surface area contributed by atoms with Crippen LogP contribution in [-0.2, 0) is 4.79 Å². The zero-order valence-electron chi connectivity index (χ0n) is 6.49. The average Bonchev–Trinajstić information content (AvgIpc) is 2.01. The predicted octanol–water partition coefficient (Wildman–Crippen LogP) is -0.744. The predicted molar refractivity (Wildman–Crippen MR) is 41.0 cm³/mol. The van der Waals surface area contributed by atoms with Gasteiger partial charge in [-0.2, -0.15) is 0 Å². The Hall–Kier alpha value is -0.610. The lowest BCUT2D eigenvalue weighted by Gasteiger charge is -2.07. The maximum absolute atomic E-state index is 9.77. The fourth-order valence-corrected chi connectivity index (χ4v) is 0.780. The van der Waals surface area contributed by atoms with Gasteiger partial charge in [0.15, 0.2) is 0 Å². The van der Waals surface area contributed by atoms with E-state index in [9.17, 15) is 4.79 Å². The van der Waals surface area contributed by atoms with Gasteiger partial charge in [-0.25, -0.2) is 0 Å². The first-order valence-corrected chi connectivity index (χ1v) is 3.77. The molecule has 0 heterocycles. The molecule has 3 N–H and O–H groups in total. The standard InChI is InChI=1S/C7H15NO3/c9-5-1-2-7(11)3-4-8-6-10/h6-7,9,11H,1-5H2,(H,8,10)/t7-/m1/s1. The van der Waals surface area contributed by atoms with E-state index < -0.39 is 6.10 Å². The summed E-state index contributed by atoms with van der Waals surface area (Å²) in [6, 6.07) is 0. The number of hydrogen-bond donors (Lipinski definition) is 3. The smallest absolute Gasteiger partial charge is 0.207 e. The van der Waals surface area contributed by atoms with Crippen molar-refractivity contribution in [3.05, 3.63) is 0 Å². The zero-order chi connectivity index (χ0) is 8.53. The van der Waals surface area contributed by atoms with Crippen LogP contribution in [0, 0.1) is 0 Å². The number of carbonyl (C=O) groups excluding carboxylic acids is 1. The Balaban J connectivity index is 3.08. The highest BCUT2D eigenvalue weighted by molar-refractivity contribution is 5.45. The zero-order valence-corrected chi connectivity index (χ0v) is 6.49. The third kappa shape index (κ3) is 7.29. The third-order valence-corrected chi connectivity index (χ3v) is 1.40. The third-order valence-electron chi connectivity index (χ3n) is 1.40. The molecule has 0 aliphatic carbocycles. The van der Waals surface area contributed by atoms with Crippen molar-refractivity contribution in [2.75, 3.05) is 13.2 Å². The summed E-state index contributed by atoms with van der Waals surface area (Å²) in [5, 5.41) is 20.0. The van der Waals surface area contributed by atoms with Crippen molar-refractivity contribution in [3.8, 4) is 0 Å². The molecule has 0 saturated heterocycles. The number of aliphatic hydroxyl groups is 2. The van der Waals surface area contributed by atoms with Crippen LogP contribution in [0.15, 0.2) is 0 Å². The van der Waals surface area contributed by atoms with Crippen LogP contribution in [0.4, 0.5) is 0 Å². The molecule has 0 bridgehead atoms. The second-order valence-electron chi connectivity index (χ2n) is 2.38. The molecule has 0 aromatic carbocycles. The summed E-state index contributed by atoms with van der Waals surface area (Å²) >= 11 is 0. The van der Waals surface area contributed by atoms with Gasteiger partial charge in [-0.3, -0.25) is 4.79 Å². The molecule has 0 rings (SSSR count). The van der Waals surface area contributed by atoms with Gasteiger partial charge in [0.25, 0.3) is 0 Å². The SMILES string of the molecule is O=CNCC[C@H](O)CCCO. The Kier molecular flexibility index (Phi) is 7.08. The Morgan fingerprint density at radius 2 is 2.18 bits per heavy atom. The molecule has 0 fully saturated rings. The fourth-order valence-electron chi connectivity index (χ4n) is 0.780. The van der Waals surface area contributed by atoms with Gasteiger partial charge in [0.05, 0.1) is 6.10 Å². The quantitative estimate of drug-likeness (QED) is 0.340. The van der Waals surface area contributed by atoms with Gasteiger partial charge in [-0.15, -0.1) is 0 Å². The highest BCUT2D eigenvalue weighted by Gasteiger charge is 2.01. The van der Waals surface area contributed by atoms with Crippen molar-refractivity contribution in [3.63, 3.8) is 0 Å². The van der Waals surface area contributed by atoms with Crippen LogP contribution in [-0.4, -0.2) is 35.9 Å². The molecule has 0 unspecified atom stereocenters. The van der Waals surface area contributed by atoms with Crippen molar-refractivity contribution in [1.82, 2.24) is 5.32 Å². The van der Waals surface area contributed by atoms with Crippen LogP contribution in [0.25, 0.3) is 0 Å². The first-order chi connectivity index (χ1) is 5.31. The number of carbonyl (C=O) groups is 1. The lowest BCUT2D eigenvalue weighted by Crippen LogP contribution is -2.19. The van der Waals surface area contributed by atoms with Crippen LogP contribution in [0.2, 0.25) is 0 Å². The molecule has 0 aliphatic heterocycles. The van der Waals surface area contributed by atoms with Gasteiger partial charge in [-0.05, 0) is 19.3 Å². The van der Waals surface area contributed by atoms with E-state index in [-0.39, 0.29) is 6.61 Å². The highest BCUT2D eigenvalue weighted by Crippen LogP contribution is 1.99. The van der Waals surface area contributed by atoms with Crippen LogP contribution in [0.1, 0.15) is 19.3 Å². The van der Waals surface area contributed by atoms with E-state index in [1.54, 1.807) is 0 Å². The minimum absolute atomic E-state index is 0.109. The molecule has 1 amide bonds. The van der Waals surface area contributed by atoms with E-state index in [4.69, 9.17) is 10.2 Å². The number of aliphatic hydroxyl groups excluding tert-OH is 2. The van der Waals surface area contributed by atoms with Gasteiger partial charge >= 0.3 is 0 Å². The van der Waals surface area contributed by atoms with Crippen molar-refractivity contribution in [2.45, 2.75) is 25.4 Å². The molecule has 66 valence electrons. The van der Waals surface area contributed by atoms with Crippen molar-refractivity contribution in [1.29, 1.82) is 0 Å². The van der Waals surface area contributed by atoms with Crippen molar-refractivity contribution < 1.29 is 15.0 Å². The van der Waals surface area contributed by atoms with Crippen LogP contribution >= 0.6 is 0 Å². The monoisotopic (exact) mass is 161 g/mol. The lowest BCUT2D eigenvalue weighted by atomic mass is 10.1. The summed E-state index contributed by atoms with van der Waals surface area (Å²) in [5.41, 5.74) is 0. The second-order valence-corrected chi connectivity index (χ2v) is 2.38. The summed E-state index contributed by atoms with van der Waals surface area (Å²) in [6.07, 6.45) is 1.96. The number of nitrogens with one attached hydrogen (secondary N) is 1. The van der Waals surface area contributed by atoms with E-state index in [0.29, 0.717) is 32.2 Å². The molecule has 0 aliphatic rings. The van der Waals surface area contributed by atoms with Crippen LogP contribution < -0.4 is 5.32 Å². The number of hydrogen-bond acceptors (Lipinski definition) is 3. The van der Waals surface area contributed by atoms with Crippen LogP contribution in [0.3, 0.4) is 0 Å². The van der Waals surface area contributed by atoms with Gasteiger partial charge in [0.2, 0.25) is 6.41 Å². The normalized spacial score (nSPS) is 12.5. The number of rotatable bonds is 7. The summed E-state index contributed by atoms with van der Waals surface area (Å²) in [4.78, 5) is 9.77. The topological polar surface area (TPSA) is 69.6 Å². The molecule has 4 heteroatoms. The summed E-state index contributed by atoms with van der Waals surface area (Å²) < 4.78 is 0. The van der Waals surface area contributed by atoms with Gasteiger partial charge in [0, 0.05) is 13.2 Å². The van der Waals surface area contributed by atoms with Crippen LogP contribution in [0.5, 0.6) is 0 Å². The van der Waals surface area contributed by atoms with Crippen molar-refractivity contribution >= 4 is 6.41 Å². The molecule has 0 aromatic heterocycles. The Morgan fingerprint density at radius 3 is 2.73 bits per heavy atom. The molecule has 0 aromatic rings. The lowest BCUT2D eigenvalue weighted by molar-refractivity contribution is -0.109. The van der Waals surface area contributed by atoms with E-state index >= 15 is 0 Å². The molecule has 4 nitrogen and oxygen atoms in total. The minimum atomic E-state index is -0.408. The molecule has 1 atom stereocenters. The van der Waals surface area contributed by atoms with Gasteiger partial charge in [0.1, 0.15) is 0 Å². The Morgan fingerprint density at radius 1 is 1.45 bits per heavy atom. The van der Waals surface area contributed by atoms with E-state index in [1.807, 2.05) is 0 Å². The maximum atomic E-state index is 9.77. The summed E-state index contributed by atoms with van der Waals surface area (Å²) in [6.45, 7) is 0.605. The molecule has 11 heavy (non-hydrogen) atoms. The first kappa shape index (κ1) is 10.4. The minimum Gasteiger partial charge on any atom is -0.396 e. The largest absolute Gasteiger partial charge is 0.396 e. The molecular weight excluding hydrogens is 146 g/mol. The highest BCUT2D eigenvalue weighted by atomic mass is 16.3.